The van der Waals surface area contributed by atoms with Crippen LogP contribution in [0.2, 0.25) is 0 Å². The third-order valence-corrected chi connectivity index (χ3v) is 6.15. The second-order valence-electron chi connectivity index (χ2n) is 7.35. The molecular weight excluding hydrogens is 312 g/mol. The molecule has 2 fully saturated rings. The number of benzene rings is 2. The predicted molar refractivity (Wildman–Crippen MR) is 95.5 cm³/mol. The third kappa shape index (κ3) is 1.95. The minimum absolute atomic E-state index is 0.0269. The van der Waals surface area contributed by atoms with Gasteiger partial charge in [0.25, 0.3) is 0 Å². The molecule has 2 aliphatic carbocycles. The Kier molecular flexibility index (Phi) is 3.08. The van der Waals surface area contributed by atoms with Crippen LogP contribution in [0.15, 0.2) is 60.2 Å². The van der Waals surface area contributed by atoms with E-state index in [2.05, 4.69) is 12.1 Å². The molecule has 25 heavy (non-hydrogen) atoms. The van der Waals surface area contributed by atoms with Crippen molar-refractivity contribution in [3.8, 4) is 5.75 Å². The van der Waals surface area contributed by atoms with E-state index in [-0.39, 0.29) is 23.4 Å². The Labute approximate surface area is 147 Å². The van der Waals surface area contributed by atoms with Crippen molar-refractivity contribution < 1.29 is 14.6 Å². The number of aliphatic hydroxyl groups excluding tert-OH is 1. The minimum atomic E-state index is -0.672. The Morgan fingerprint density at radius 1 is 1.04 bits per heavy atom. The predicted octanol–water partition coefficient (Wildman–Crippen LogP) is 4.64. The first-order chi connectivity index (χ1) is 12.2. The molecule has 2 aromatic rings. The van der Waals surface area contributed by atoms with E-state index in [0.717, 1.165) is 19.3 Å². The van der Waals surface area contributed by atoms with Crippen molar-refractivity contribution in [3.05, 3.63) is 71.3 Å². The number of para-hydroxylation sites is 1. The SMILES string of the molecule is O=C1C[C@H](c2ccccc2)[C@H]2CCC[C@]23Oc2ccccc2C(O)=C13. The van der Waals surface area contributed by atoms with Crippen LogP contribution in [0, 0.1) is 5.92 Å². The van der Waals surface area contributed by atoms with Gasteiger partial charge in [-0.25, -0.2) is 0 Å². The number of carbonyl (C=O) groups excluding carboxylic acids is 1. The summed E-state index contributed by atoms with van der Waals surface area (Å²) in [7, 11) is 0. The van der Waals surface area contributed by atoms with Gasteiger partial charge in [0, 0.05) is 12.3 Å². The van der Waals surface area contributed by atoms with Gasteiger partial charge in [-0.15, -0.1) is 0 Å². The van der Waals surface area contributed by atoms with Gasteiger partial charge in [-0.2, -0.15) is 0 Å². The van der Waals surface area contributed by atoms with Crippen LogP contribution < -0.4 is 4.74 Å². The zero-order valence-electron chi connectivity index (χ0n) is 13.9. The largest absolute Gasteiger partial charge is 0.507 e. The van der Waals surface area contributed by atoms with E-state index in [1.54, 1.807) is 0 Å². The Morgan fingerprint density at radius 3 is 2.64 bits per heavy atom. The summed E-state index contributed by atoms with van der Waals surface area (Å²) in [6, 6.07) is 17.8. The van der Waals surface area contributed by atoms with Gasteiger partial charge in [-0.1, -0.05) is 42.5 Å². The molecule has 5 rings (SSSR count). The van der Waals surface area contributed by atoms with E-state index in [0.29, 0.717) is 23.3 Å². The van der Waals surface area contributed by atoms with Gasteiger partial charge in [0.05, 0.1) is 11.1 Å². The Morgan fingerprint density at radius 2 is 1.80 bits per heavy atom. The zero-order valence-corrected chi connectivity index (χ0v) is 13.9. The van der Waals surface area contributed by atoms with E-state index >= 15 is 0 Å². The molecule has 1 heterocycles. The monoisotopic (exact) mass is 332 g/mol. The quantitative estimate of drug-likeness (QED) is 0.827. The third-order valence-electron chi connectivity index (χ3n) is 6.15. The first-order valence-electron chi connectivity index (χ1n) is 9.01. The molecule has 126 valence electrons. The summed E-state index contributed by atoms with van der Waals surface area (Å²) < 4.78 is 6.50. The average molecular weight is 332 g/mol. The highest BCUT2D eigenvalue weighted by Gasteiger charge is 2.59. The number of ether oxygens (including phenoxy) is 1. The second kappa shape index (κ2) is 5.22. The summed E-state index contributed by atoms with van der Waals surface area (Å²) in [4.78, 5) is 13.1. The van der Waals surface area contributed by atoms with E-state index in [4.69, 9.17) is 4.74 Å². The molecule has 0 radical (unpaired) electrons. The number of carbonyl (C=O) groups is 1. The maximum absolute atomic E-state index is 13.1. The summed E-state index contributed by atoms with van der Waals surface area (Å²) in [5.41, 5.74) is 1.68. The standard InChI is InChI=1S/C22H20O3/c23-18-13-16(14-7-2-1-3-8-14)17-10-6-12-22(17)20(18)21(24)15-9-4-5-11-19(15)25-22/h1-5,7-9,11,16-17,24H,6,10,12-13H2/t16-,17-,22+/m1/s1. The van der Waals surface area contributed by atoms with E-state index < -0.39 is 5.60 Å². The molecule has 3 nitrogen and oxygen atoms in total. The smallest absolute Gasteiger partial charge is 0.167 e. The molecule has 0 unspecified atom stereocenters. The summed E-state index contributed by atoms with van der Waals surface area (Å²) in [6.07, 6.45) is 3.27. The van der Waals surface area contributed by atoms with Crippen LogP contribution in [-0.2, 0) is 4.79 Å². The maximum Gasteiger partial charge on any atom is 0.167 e. The number of ketones is 1. The van der Waals surface area contributed by atoms with Crippen molar-refractivity contribution in [1.29, 1.82) is 0 Å². The van der Waals surface area contributed by atoms with Crippen molar-refractivity contribution in [2.24, 2.45) is 5.92 Å². The molecule has 1 N–H and O–H groups in total. The van der Waals surface area contributed by atoms with Crippen LogP contribution in [0.4, 0.5) is 0 Å². The van der Waals surface area contributed by atoms with Gasteiger partial charge in [0.15, 0.2) is 5.78 Å². The number of hydrogen-bond acceptors (Lipinski definition) is 3. The Hall–Kier alpha value is -2.55. The van der Waals surface area contributed by atoms with Crippen molar-refractivity contribution in [1.82, 2.24) is 0 Å². The summed E-state index contributed by atoms with van der Waals surface area (Å²) in [5, 5.41) is 10.9. The molecule has 0 amide bonds. The minimum Gasteiger partial charge on any atom is -0.507 e. The molecule has 3 atom stereocenters. The molecular formula is C22H20O3. The van der Waals surface area contributed by atoms with E-state index in [9.17, 15) is 9.90 Å². The molecule has 0 bridgehead atoms. The van der Waals surface area contributed by atoms with Crippen LogP contribution in [0.3, 0.4) is 0 Å². The second-order valence-corrected chi connectivity index (χ2v) is 7.35. The number of fused-ring (bicyclic) bond motifs is 1. The van der Waals surface area contributed by atoms with Crippen LogP contribution in [-0.4, -0.2) is 16.5 Å². The van der Waals surface area contributed by atoms with Crippen LogP contribution in [0.5, 0.6) is 5.75 Å². The molecule has 0 aromatic heterocycles. The number of rotatable bonds is 1. The van der Waals surface area contributed by atoms with Crippen molar-refractivity contribution >= 4 is 11.5 Å². The highest BCUT2D eigenvalue weighted by Crippen LogP contribution is 2.58. The number of hydrogen-bond donors (Lipinski definition) is 1. The van der Waals surface area contributed by atoms with Crippen molar-refractivity contribution in [3.63, 3.8) is 0 Å². The lowest BCUT2D eigenvalue weighted by Crippen LogP contribution is -2.52. The lowest BCUT2D eigenvalue weighted by molar-refractivity contribution is -0.122. The summed E-state index contributed by atoms with van der Waals surface area (Å²) in [5.74, 6) is 1.22. The lowest BCUT2D eigenvalue weighted by atomic mass is 9.64. The number of aliphatic hydroxyl groups is 1. The normalized spacial score (nSPS) is 30.3. The Bertz CT molecular complexity index is 883. The molecule has 1 spiro atoms. The Balaban J connectivity index is 1.69. The number of Topliss-reactive ketones (excluding diaryl/α,β-unsaturated/α-hetero) is 1. The van der Waals surface area contributed by atoms with Gasteiger partial charge >= 0.3 is 0 Å². The lowest BCUT2D eigenvalue weighted by Gasteiger charge is -2.47. The van der Waals surface area contributed by atoms with Crippen molar-refractivity contribution in [2.45, 2.75) is 37.2 Å². The molecule has 3 aliphatic rings. The molecule has 1 aliphatic heterocycles. The fraction of sp³-hybridized carbons (Fsp3) is 0.318. The van der Waals surface area contributed by atoms with Gasteiger partial charge in [0.2, 0.25) is 0 Å². The van der Waals surface area contributed by atoms with Crippen LogP contribution in [0.1, 0.15) is 42.7 Å². The van der Waals surface area contributed by atoms with Gasteiger partial charge in [0.1, 0.15) is 17.1 Å². The van der Waals surface area contributed by atoms with Crippen molar-refractivity contribution in [2.75, 3.05) is 0 Å². The van der Waals surface area contributed by atoms with Crippen LogP contribution in [0.25, 0.3) is 5.76 Å². The molecule has 0 saturated heterocycles. The van der Waals surface area contributed by atoms with Gasteiger partial charge in [-0.05, 0) is 42.9 Å². The maximum atomic E-state index is 13.1. The highest BCUT2D eigenvalue weighted by atomic mass is 16.5. The first kappa shape index (κ1) is 14.8. The summed E-state index contributed by atoms with van der Waals surface area (Å²) in [6.45, 7) is 0. The average Bonchev–Trinajstić information content (AvgIpc) is 3.05. The fourth-order valence-electron chi connectivity index (χ4n) is 5.16. The first-order valence-corrected chi connectivity index (χ1v) is 9.01. The molecule has 2 aromatic carbocycles. The van der Waals surface area contributed by atoms with Crippen LogP contribution >= 0.6 is 0 Å². The van der Waals surface area contributed by atoms with E-state index in [1.165, 1.54) is 5.56 Å². The topological polar surface area (TPSA) is 46.5 Å². The molecule has 3 heteroatoms. The zero-order chi connectivity index (χ0) is 17.0. The summed E-state index contributed by atoms with van der Waals surface area (Å²) >= 11 is 0. The fourth-order valence-corrected chi connectivity index (χ4v) is 5.16. The van der Waals surface area contributed by atoms with Gasteiger partial charge in [-0.3, -0.25) is 4.79 Å². The van der Waals surface area contributed by atoms with E-state index in [1.807, 2.05) is 42.5 Å². The molecule has 2 saturated carbocycles. The van der Waals surface area contributed by atoms with Gasteiger partial charge < -0.3 is 9.84 Å². The highest BCUT2D eigenvalue weighted by molar-refractivity contribution is 6.06.